The Labute approximate surface area is 110 Å². The number of hydrogen-bond donors (Lipinski definition) is 0. The minimum atomic E-state index is 0.734. The number of rotatable bonds is 1. The predicted octanol–water partition coefficient (Wildman–Crippen LogP) is 3.55. The van der Waals surface area contributed by atoms with Gasteiger partial charge in [-0.1, -0.05) is 48.5 Å². The molecule has 0 saturated carbocycles. The fraction of sp³-hybridized carbons (Fsp3) is 0. The lowest BCUT2D eigenvalue weighted by Crippen LogP contribution is -1.89. The van der Waals surface area contributed by atoms with Crippen molar-refractivity contribution < 1.29 is 0 Å². The molecule has 3 nitrogen and oxygen atoms in total. The average Bonchev–Trinajstić information content (AvgIpc) is 2.93. The van der Waals surface area contributed by atoms with Gasteiger partial charge in [0.2, 0.25) is 5.78 Å². The maximum absolute atomic E-state index is 4.58. The van der Waals surface area contributed by atoms with Crippen LogP contribution in [0.2, 0.25) is 0 Å². The Bertz CT molecular complexity index is 863. The molecule has 0 unspecified atom stereocenters. The van der Waals surface area contributed by atoms with Crippen LogP contribution in [0.4, 0.5) is 0 Å². The summed E-state index contributed by atoms with van der Waals surface area (Å²) in [7, 11) is 0. The van der Waals surface area contributed by atoms with E-state index in [2.05, 4.69) is 34.2 Å². The van der Waals surface area contributed by atoms with Crippen molar-refractivity contribution in [2.75, 3.05) is 0 Å². The van der Waals surface area contributed by atoms with Gasteiger partial charge in [0.25, 0.3) is 0 Å². The second kappa shape index (κ2) is 3.92. The molecule has 2 aromatic carbocycles. The zero-order valence-corrected chi connectivity index (χ0v) is 10.2. The van der Waals surface area contributed by atoms with Crippen LogP contribution in [-0.4, -0.2) is 14.4 Å². The molecule has 2 heterocycles. The summed E-state index contributed by atoms with van der Waals surface area (Å²) in [4.78, 5) is 8.99. The first kappa shape index (κ1) is 10.3. The highest BCUT2D eigenvalue weighted by molar-refractivity contribution is 5.81. The van der Waals surface area contributed by atoms with Gasteiger partial charge in [0.15, 0.2) is 0 Å². The second-order valence-corrected chi connectivity index (χ2v) is 4.48. The van der Waals surface area contributed by atoms with Crippen LogP contribution < -0.4 is 0 Å². The van der Waals surface area contributed by atoms with Crippen LogP contribution in [0.1, 0.15) is 0 Å². The molecule has 0 aliphatic rings. The van der Waals surface area contributed by atoms with Crippen LogP contribution in [0, 0.1) is 0 Å². The van der Waals surface area contributed by atoms with Gasteiger partial charge in [-0.05, 0) is 6.07 Å². The predicted molar refractivity (Wildman–Crippen MR) is 75.9 cm³/mol. The van der Waals surface area contributed by atoms with Crippen LogP contribution in [0.3, 0.4) is 0 Å². The number of aromatic nitrogens is 3. The fourth-order valence-corrected chi connectivity index (χ4v) is 2.33. The molecule has 0 aliphatic carbocycles. The van der Waals surface area contributed by atoms with E-state index in [1.54, 1.807) is 0 Å². The van der Waals surface area contributed by atoms with Gasteiger partial charge in [-0.25, -0.2) is 9.97 Å². The summed E-state index contributed by atoms with van der Waals surface area (Å²) in [5.41, 5.74) is 3.18. The van der Waals surface area contributed by atoms with E-state index in [1.807, 2.05) is 47.1 Å². The van der Waals surface area contributed by atoms with Gasteiger partial charge < -0.3 is 0 Å². The van der Waals surface area contributed by atoms with Crippen molar-refractivity contribution in [1.82, 2.24) is 14.4 Å². The molecule has 0 spiro atoms. The highest BCUT2D eigenvalue weighted by Gasteiger charge is 2.06. The third-order valence-electron chi connectivity index (χ3n) is 3.27. The molecule has 2 aromatic heterocycles. The van der Waals surface area contributed by atoms with Crippen LogP contribution in [0.25, 0.3) is 27.9 Å². The van der Waals surface area contributed by atoms with Crippen LogP contribution >= 0.6 is 0 Å². The van der Waals surface area contributed by atoms with Gasteiger partial charge in [0.05, 0.1) is 11.2 Å². The molecule has 0 aliphatic heterocycles. The first-order valence-electron chi connectivity index (χ1n) is 6.20. The van der Waals surface area contributed by atoms with Crippen molar-refractivity contribution in [2.45, 2.75) is 0 Å². The van der Waals surface area contributed by atoms with Gasteiger partial charge in [-0.3, -0.25) is 4.40 Å². The molecule has 0 saturated heterocycles. The molecular weight excluding hydrogens is 234 g/mol. The number of para-hydroxylation sites is 1. The largest absolute Gasteiger partial charge is 0.283 e. The smallest absolute Gasteiger partial charge is 0.234 e. The summed E-state index contributed by atoms with van der Waals surface area (Å²) in [5, 5.41) is 1.12. The highest BCUT2D eigenvalue weighted by Crippen LogP contribution is 2.21. The summed E-state index contributed by atoms with van der Waals surface area (Å²) in [6.45, 7) is 0. The van der Waals surface area contributed by atoms with Crippen LogP contribution in [0.5, 0.6) is 0 Å². The summed E-state index contributed by atoms with van der Waals surface area (Å²) in [6.07, 6.45) is 3.91. The second-order valence-electron chi connectivity index (χ2n) is 4.48. The SMILES string of the molecule is c1ccc(-c2cn3c(ncc4ccccc43)n2)cc1. The molecule has 0 bridgehead atoms. The number of fused-ring (bicyclic) bond motifs is 3. The molecule has 19 heavy (non-hydrogen) atoms. The van der Waals surface area contributed by atoms with Gasteiger partial charge in [-0.2, -0.15) is 0 Å². The average molecular weight is 245 g/mol. The number of hydrogen-bond acceptors (Lipinski definition) is 2. The molecule has 0 radical (unpaired) electrons. The zero-order chi connectivity index (χ0) is 12.7. The van der Waals surface area contributed by atoms with Gasteiger partial charge in [0, 0.05) is 23.3 Å². The Kier molecular flexibility index (Phi) is 2.12. The monoisotopic (exact) mass is 245 g/mol. The summed E-state index contributed by atoms with van der Waals surface area (Å²) >= 11 is 0. The van der Waals surface area contributed by atoms with Crippen LogP contribution in [-0.2, 0) is 0 Å². The topological polar surface area (TPSA) is 30.2 Å². The molecule has 0 fully saturated rings. The van der Waals surface area contributed by atoms with Crippen molar-refractivity contribution in [1.29, 1.82) is 0 Å². The quantitative estimate of drug-likeness (QED) is 0.513. The Morgan fingerprint density at radius 1 is 0.842 bits per heavy atom. The maximum Gasteiger partial charge on any atom is 0.234 e. The third-order valence-corrected chi connectivity index (χ3v) is 3.27. The number of benzene rings is 2. The minimum absolute atomic E-state index is 0.734. The number of imidazole rings is 1. The van der Waals surface area contributed by atoms with E-state index in [0.29, 0.717) is 0 Å². The van der Waals surface area contributed by atoms with Crippen molar-refractivity contribution in [3.8, 4) is 11.3 Å². The maximum atomic E-state index is 4.58. The molecule has 3 heteroatoms. The van der Waals surface area contributed by atoms with E-state index < -0.39 is 0 Å². The van der Waals surface area contributed by atoms with E-state index in [0.717, 1.165) is 27.9 Å². The highest BCUT2D eigenvalue weighted by atomic mass is 15.1. The van der Waals surface area contributed by atoms with Gasteiger partial charge >= 0.3 is 0 Å². The van der Waals surface area contributed by atoms with E-state index in [9.17, 15) is 0 Å². The Balaban J connectivity index is 2.04. The van der Waals surface area contributed by atoms with Crippen molar-refractivity contribution in [3.63, 3.8) is 0 Å². The van der Waals surface area contributed by atoms with E-state index >= 15 is 0 Å². The summed E-state index contributed by atoms with van der Waals surface area (Å²) in [5.74, 6) is 0.734. The van der Waals surface area contributed by atoms with Gasteiger partial charge in [-0.15, -0.1) is 0 Å². The normalized spacial score (nSPS) is 11.2. The summed E-state index contributed by atoms with van der Waals surface area (Å²) in [6, 6.07) is 18.4. The molecule has 4 aromatic rings. The molecular formula is C16H11N3. The van der Waals surface area contributed by atoms with Crippen molar-refractivity contribution in [3.05, 3.63) is 67.0 Å². The standard InChI is InChI=1S/C16H11N3/c1-2-6-12(7-3-1)14-11-19-15-9-5-4-8-13(15)10-17-16(19)18-14/h1-11H. The molecule has 4 rings (SSSR count). The first-order valence-corrected chi connectivity index (χ1v) is 6.20. The number of nitrogens with zero attached hydrogens (tertiary/aromatic N) is 3. The van der Waals surface area contributed by atoms with Crippen LogP contribution in [0.15, 0.2) is 67.0 Å². The molecule has 0 N–H and O–H groups in total. The van der Waals surface area contributed by atoms with Crippen molar-refractivity contribution >= 4 is 16.7 Å². The molecule has 90 valence electrons. The lowest BCUT2D eigenvalue weighted by atomic mass is 10.2. The lowest BCUT2D eigenvalue weighted by Gasteiger charge is -1.99. The minimum Gasteiger partial charge on any atom is -0.283 e. The van der Waals surface area contributed by atoms with E-state index in [4.69, 9.17) is 0 Å². The molecule has 0 atom stereocenters. The fourth-order valence-electron chi connectivity index (χ4n) is 2.33. The zero-order valence-electron chi connectivity index (χ0n) is 10.2. The Morgan fingerprint density at radius 2 is 1.63 bits per heavy atom. The summed E-state index contributed by atoms with van der Waals surface area (Å²) < 4.78 is 2.04. The van der Waals surface area contributed by atoms with Crippen molar-refractivity contribution in [2.24, 2.45) is 0 Å². The Hall–Kier alpha value is -2.68. The Morgan fingerprint density at radius 3 is 2.53 bits per heavy atom. The lowest BCUT2D eigenvalue weighted by molar-refractivity contribution is 1.17. The third kappa shape index (κ3) is 1.59. The molecule has 0 amide bonds. The first-order chi connectivity index (χ1) is 9.42. The van der Waals surface area contributed by atoms with E-state index in [-0.39, 0.29) is 0 Å². The van der Waals surface area contributed by atoms with Gasteiger partial charge in [0.1, 0.15) is 0 Å². The van der Waals surface area contributed by atoms with E-state index in [1.165, 1.54) is 0 Å².